The molecule has 17 heavy (non-hydrogen) atoms. The molecule has 1 aliphatic heterocycles. The van der Waals surface area contributed by atoms with Crippen molar-refractivity contribution in [3.63, 3.8) is 0 Å². The first-order chi connectivity index (χ1) is 7.84. The standard InChI is InChI=1S/C12H21N3S.ClH/c1-11-3-2-5-15(8-11)6-4-13-7-12-9-16-10-14-12;/h9-11,13H,2-8H2,1H3;1H. The normalized spacial score (nSPS) is 21.1. The Balaban J connectivity index is 0.00000144. The Bertz CT molecular complexity index is 292. The SMILES string of the molecule is CC1CCCN(CCNCc2cscn2)C1.Cl. The molecular weight excluding hydrogens is 254 g/mol. The molecule has 5 heteroatoms. The van der Waals surface area contributed by atoms with E-state index < -0.39 is 0 Å². The molecule has 1 N–H and O–H groups in total. The highest BCUT2D eigenvalue weighted by Crippen LogP contribution is 2.14. The average molecular weight is 276 g/mol. The van der Waals surface area contributed by atoms with E-state index in [-0.39, 0.29) is 12.4 Å². The minimum Gasteiger partial charge on any atom is -0.310 e. The van der Waals surface area contributed by atoms with Gasteiger partial charge >= 0.3 is 0 Å². The molecule has 2 heterocycles. The van der Waals surface area contributed by atoms with Gasteiger partial charge in [0, 0.05) is 31.6 Å². The van der Waals surface area contributed by atoms with Gasteiger partial charge in [-0.15, -0.1) is 23.7 Å². The minimum absolute atomic E-state index is 0. The molecule has 0 aliphatic carbocycles. The van der Waals surface area contributed by atoms with Gasteiger partial charge in [-0.25, -0.2) is 4.98 Å². The highest BCUT2D eigenvalue weighted by atomic mass is 35.5. The van der Waals surface area contributed by atoms with Gasteiger partial charge in [0.2, 0.25) is 0 Å². The molecule has 0 bridgehead atoms. The predicted octanol–water partition coefficient (Wildman–Crippen LogP) is 2.39. The summed E-state index contributed by atoms with van der Waals surface area (Å²) in [6.45, 7) is 8.07. The van der Waals surface area contributed by atoms with Crippen molar-refractivity contribution in [2.75, 3.05) is 26.2 Å². The molecule has 0 aromatic carbocycles. The third kappa shape index (κ3) is 5.34. The number of hydrogen-bond acceptors (Lipinski definition) is 4. The molecule has 0 amide bonds. The van der Waals surface area contributed by atoms with Crippen molar-refractivity contribution >= 4 is 23.7 Å². The van der Waals surface area contributed by atoms with Crippen LogP contribution >= 0.6 is 23.7 Å². The van der Waals surface area contributed by atoms with Crippen molar-refractivity contribution in [3.05, 3.63) is 16.6 Å². The van der Waals surface area contributed by atoms with E-state index >= 15 is 0 Å². The second-order valence-corrected chi connectivity index (χ2v) is 5.42. The molecule has 1 unspecified atom stereocenters. The summed E-state index contributed by atoms with van der Waals surface area (Å²) < 4.78 is 0. The molecule has 1 aromatic rings. The first kappa shape index (κ1) is 14.9. The van der Waals surface area contributed by atoms with Gasteiger partial charge in [0.05, 0.1) is 11.2 Å². The highest BCUT2D eigenvalue weighted by molar-refractivity contribution is 7.07. The van der Waals surface area contributed by atoms with Crippen LogP contribution in [0.15, 0.2) is 10.9 Å². The topological polar surface area (TPSA) is 28.2 Å². The van der Waals surface area contributed by atoms with Gasteiger partial charge in [0.1, 0.15) is 0 Å². The summed E-state index contributed by atoms with van der Waals surface area (Å²) in [5.74, 6) is 0.882. The van der Waals surface area contributed by atoms with E-state index in [1.807, 2.05) is 5.51 Å². The highest BCUT2D eigenvalue weighted by Gasteiger charge is 2.15. The van der Waals surface area contributed by atoms with Gasteiger partial charge in [0.15, 0.2) is 0 Å². The zero-order valence-electron chi connectivity index (χ0n) is 10.4. The second kappa shape index (κ2) is 8.03. The summed E-state index contributed by atoms with van der Waals surface area (Å²) in [5, 5.41) is 5.56. The fourth-order valence-electron chi connectivity index (χ4n) is 2.27. The summed E-state index contributed by atoms with van der Waals surface area (Å²) in [6, 6.07) is 0. The summed E-state index contributed by atoms with van der Waals surface area (Å²) >= 11 is 1.66. The Morgan fingerprint density at radius 1 is 1.59 bits per heavy atom. The maximum Gasteiger partial charge on any atom is 0.0795 e. The van der Waals surface area contributed by atoms with Crippen LogP contribution < -0.4 is 5.32 Å². The van der Waals surface area contributed by atoms with E-state index in [9.17, 15) is 0 Å². The van der Waals surface area contributed by atoms with E-state index in [1.54, 1.807) is 11.3 Å². The Kier molecular flexibility index (Phi) is 7.04. The van der Waals surface area contributed by atoms with Crippen LogP contribution in [0.4, 0.5) is 0 Å². The smallest absolute Gasteiger partial charge is 0.0795 e. The largest absolute Gasteiger partial charge is 0.310 e. The molecule has 3 nitrogen and oxygen atoms in total. The molecular formula is C12H22ClN3S. The van der Waals surface area contributed by atoms with Crippen LogP contribution in [0, 0.1) is 5.92 Å². The third-order valence-corrected chi connectivity index (χ3v) is 3.77. The zero-order chi connectivity index (χ0) is 11.2. The number of thiazole rings is 1. The van der Waals surface area contributed by atoms with Gasteiger partial charge in [-0.3, -0.25) is 0 Å². The number of aromatic nitrogens is 1. The molecule has 1 fully saturated rings. The fraction of sp³-hybridized carbons (Fsp3) is 0.750. The lowest BCUT2D eigenvalue weighted by Crippen LogP contribution is -2.38. The summed E-state index contributed by atoms with van der Waals surface area (Å²) in [7, 11) is 0. The van der Waals surface area contributed by atoms with Crippen molar-refractivity contribution in [1.29, 1.82) is 0 Å². The lowest BCUT2D eigenvalue weighted by atomic mass is 10.0. The Hall–Kier alpha value is -0.160. The van der Waals surface area contributed by atoms with Gasteiger partial charge < -0.3 is 10.2 Å². The van der Waals surface area contributed by atoms with Crippen LogP contribution in [-0.4, -0.2) is 36.1 Å². The van der Waals surface area contributed by atoms with Crippen LogP contribution in [0.25, 0.3) is 0 Å². The van der Waals surface area contributed by atoms with Crippen molar-refractivity contribution in [2.45, 2.75) is 26.3 Å². The maximum absolute atomic E-state index is 4.26. The van der Waals surface area contributed by atoms with Crippen LogP contribution in [0.5, 0.6) is 0 Å². The lowest BCUT2D eigenvalue weighted by molar-refractivity contribution is 0.184. The Labute approximate surface area is 114 Å². The summed E-state index contributed by atoms with van der Waals surface area (Å²) in [5.41, 5.74) is 3.06. The Morgan fingerprint density at radius 3 is 3.18 bits per heavy atom. The molecule has 1 aromatic heterocycles. The number of nitrogens with one attached hydrogen (secondary N) is 1. The monoisotopic (exact) mass is 275 g/mol. The number of rotatable bonds is 5. The number of halogens is 1. The number of hydrogen-bond donors (Lipinski definition) is 1. The van der Waals surface area contributed by atoms with Crippen molar-refractivity contribution < 1.29 is 0 Å². The van der Waals surface area contributed by atoms with E-state index in [2.05, 4.69) is 27.5 Å². The molecule has 98 valence electrons. The number of nitrogens with zero attached hydrogens (tertiary/aromatic N) is 2. The number of likely N-dealkylation sites (tertiary alicyclic amines) is 1. The molecule has 1 atom stereocenters. The van der Waals surface area contributed by atoms with E-state index in [4.69, 9.17) is 0 Å². The summed E-state index contributed by atoms with van der Waals surface area (Å²) in [6.07, 6.45) is 2.77. The average Bonchev–Trinajstić information content (AvgIpc) is 2.77. The van der Waals surface area contributed by atoms with Crippen LogP contribution in [0.2, 0.25) is 0 Å². The predicted molar refractivity (Wildman–Crippen MR) is 75.9 cm³/mol. The zero-order valence-corrected chi connectivity index (χ0v) is 12.0. The van der Waals surface area contributed by atoms with E-state index in [0.717, 1.165) is 24.7 Å². The van der Waals surface area contributed by atoms with Crippen LogP contribution in [0.1, 0.15) is 25.5 Å². The first-order valence-electron chi connectivity index (χ1n) is 6.15. The van der Waals surface area contributed by atoms with Crippen molar-refractivity contribution in [2.24, 2.45) is 5.92 Å². The third-order valence-electron chi connectivity index (χ3n) is 3.14. The van der Waals surface area contributed by atoms with Crippen LogP contribution in [0.3, 0.4) is 0 Å². The molecule has 0 radical (unpaired) electrons. The van der Waals surface area contributed by atoms with E-state index in [0.29, 0.717) is 0 Å². The second-order valence-electron chi connectivity index (χ2n) is 4.70. The van der Waals surface area contributed by atoms with Gasteiger partial charge in [-0.05, 0) is 25.3 Å². The fourth-order valence-corrected chi connectivity index (χ4v) is 2.83. The summed E-state index contributed by atoms with van der Waals surface area (Å²) in [4.78, 5) is 6.83. The van der Waals surface area contributed by atoms with Gasteiger partial charge in [-0.1, -0.05) is 6.92 Å². The molecule has 2 rings (SSSR count). The molecule has 0 spiro atoms. The van der Waals surface area contributed by atoms with Gasteiger partial charge in [-0.2, -0.15) is 0 Å². The molecule has 1 saturated heterocycles. The van der Waals surface area contributed by atoms with Crippen LogP contribution in [-0.2, 0) is 6.54 Å². The van der Waals surface area contributed by atoms with Crippen molar-refractivity contribution in [3.8, 4) is 0 Å². The quantitative estimate of drug-likeness (QED) is 0.837. The van der Waals surface area contributed by atoms with Gasteiger partial charge in [0.25, 0.3) is 0 Å². The maximum atomic E-state index is 4.26. The lowest BCUT2D eigenvalue weighted by Gasteiger charge is -2.30. The molecule has 0 saturated carbocycles. The Morgan fingerprint density at radius 2 is 2.47 bits per heavy atom. The number of piperidine rings is 1. The first-order valence-corrected chi connectivity index (χ1v) is 7.09. The van der Waals surface area contributed by atoms with Crippen molar-refractivity contribution in [1.82, 2.24) is 15.2 Å². The minimum atomic E-state index is 0. The molecule has 1 aliphatic rings. The van der Waals surface area contributed by atoms with E-state index in [1.165, 1.54) is 32.5 Å².